The number of hydrogen-bond donors (Lipinski definition) is 2. The summed E-state index contributed by atoms with van der Waals surface area (Å²) in [5.74, 6) is -0.0292. The molecule has 28 heavy (non-hydrogen) atoms. The molecule has 8 nitrogen and oxygen atoms in total. The molecule has 0 aliphatic heterocycles. The van der Waals surface area contributed by atoms with E-state index in [9.17, 15) is 20.0 Å². The normalized spacial score (nSPS) is 12.0. The van der Waals surface area contributed by atoms with E-state index in [1.54, 1.807) is 12.1 Å². The SMILES string of the molecule is CCC(C)c1ccc(OCC(=O)N/N=C/c2cc(Br)cc([N+](=O)[O-])c2O)cc1. The Balaban J connectivity index is 1.91. The first-order valence-electron chi connectivity index (χ1n) is 8.53. The molecule has 9 heteroatoms. The van der Waals surface area contributed by atoms with Gasteiger partial charge in [-0.15, -0.1) is 0 Å². The van der Waals surface area contributed by atoms with Crippen molar-refractivity contribution >= 4 is 33.7 Å². The number of phenols is 1. The Hall–Kier alpha value is -2.94. The van der Waals surface area contributed by atoms with Crippen molar-refractivity contribution in [2.45, 2.75) is 26.2 Å². The van der Waals surface area contributed by atoms with Crippen LogP contribution in [0.4, 0.5) is 5.69 Å². The molecule has 2 N–H and O–H groups in total. The van der Waals surface area contributed by atoms with Gasteiger partial charge in [-0.3, -0.25) is 14.9 Å². The minimum Gasteiger partial charge on any atom is -0.502 e. The smallest absolute Gasteiger partial charge is 0.312 e. The van der Waals surface area contributed by atoms with Crippen LogP contribution < -0.4 is 10.2 Å². The molecule has 0 aromatic heterocycles. The van der Waals surface area contributed by atoms with Gasteiger partial charge in [0.25, 0.3) is 5.91 Å². The Bertz CT molecular complexity index is 884. The van der Waals surface area contributed by atoms with Gasteiger partial charge >= 0.3 is 5.69 Å². The van der Waals surface area contributed by atoms with Gasteiger partial charge in [0, 0.05) is 16.1 Å². The van der Waals surface area contributed by atoms with Crippen molar-refractivity contribution < 1.29 is 19.6 Å². The van der Waals surface area contributed by atoms with Gasteiger partial charge in [0.2, 0.25) is 5.75 Å². The van der Waals surface area contributed by atoms with Crippen LogP contribution in [0.5, 0.6) is 11.5 Å². The van der Waals surface area contributed by atoms with E-state index in [4.69, 9.17) is 4.74 Å². The zero-order chi connectivity index (χ0) is 20.7. The number of hydrogen-bond acceptors (Lipinski definition) is 6. The first-order valence-corrected chi connectivity index (χ1v) is 9.32. The van der Waals surface area contributed by atoms with Gasteiger partial charge in [-0.05, 0) is 36.1 Å². The van der Waals surface area contributed by atoms with Crippen molar-refractivity contribution in [2.75, 3.05) is 6.61 Å². The maximum Gasteiger partial charge on any atom is 0.312 e. The Morgan fingerprint density at radius 1 is 1.39 bits per heavy atom. The van der Waals surface area contributed by atoms with Crippen LogP contribution in [0.1, 0.15) is 37.3 Å². The number of carbonyl (C=O) groups is 1. The van der Waals surface area contributed by atoms with Crippen LogP contribution in [0, 0.1) is 10.1 Å². The van der Waals surface area contributed by atoms with Gasteiger partial charge in [-0.2, -0.15) is 5.10 Å². The molecule has 148 valence electrons. The lowest BCUT2D eigenvalue weighted by molar-refractivity contribution is -0.385. The summed E-state index contributed by atoms with van der Waals surface area (Å²) in [6.45, 7) is 4.01. The molecular weight excluding hydrogens is 430 g/mol. The molecule has 0 radical (unpaired) electrons. The number of halogens is 1. The van der Waals surface area contributed by atoms with Gasteiger partial charge in [-0.25, -0.2) is 5.43 Å². The van der Waals surface area contributed by atoms with E-state index in [2.05, 4.69) is 40.3 Å². The van der Waals surface area contributed by atoms with Gasteiger partial charge < -0.3 is 9.84 Å². The number of carbonyl (C=O) groups excluding carboxylic acids is 1. The maximum absolute atomic E-state index is 11.8. The van der Waals surface area contributed by atoms with Crippen LogP contribution >= 0.6 is 15.9 Å². The average Bonchev–Trinajstić information content (AvgIpc) is 2.68. The van der Waals surface area contributed by atoms with Crippen LogP contribution in [-0.2, 0) is 4.79 Å². The van der Waals surface area contributed by atoms with Crippen LogP contribution in [0.2, 0.25) is 0 Å². The lowest BCUT2D eigenvalue weighted by Gasteiger charge is -2.10. The molecular formula is C19H20BrN3O5. The van der Waals surface area contributed by atoms with E-state index in [1.165, 1.54) is 17.7 Å². The van der Waals surface area contributed by atoms with Crippen LogP contribution in [0.3, 0.4) is 0 Å². The number of nitrogens with one attached hydrogen (secondary N) is 1. The fourth-order valence-corrected chi connectivity index (χ4v) is 2.79. The number of nitro groups is 1. The molecule has 1 atom stereocenters. The average molecular weight is 450 g/mol. The summed E-state index contributed by atoms with van der Waals surface area (Å²) in [6.07, 6.45) is 2.16. The van der Waals surface area contributed by atoms with Gasteiger partial charge in [-0.1, -0.05) is 41.9 Å². The van der Waals surface area contributed by atoms with Crippen molar-refractivity contribution in [1.29, 1.82) is 0 Å². The molecule has 0 heterocycles. The Morgan fingerprint density at radius 3 is 2.68 bits per heavy atom. The summed E-state index contributed by atoms with van der Waals surface area (Å²) in [5, 5.41) is 24.5. The van der Waals surface area contributed by atoms with Gasteiger partial charge in [0.05, 0.1) is 11.1 Å². The highest BCUT2D eigenvalue weighted by molar-refractivity contribution is 9.10. The zero-order valence-electron chi connectivity index (χ0n) is 15.4. The Labute approximate surface area is 170 Å². The quantitative estimate of drug-likeness (QED) is 0.357. The lowest BCUT2D eigenvalue weighted by Crippen LogP contribution is -2.24. The minimum atomic E-state index is -0.712. The second-order valence-electron chi connectivity index (χ2n) is 6.08. The minimum absolute atomic E-state index is 0.0860. The molecule has 2 aromatic carbocycles. The molecule has 0 aliphatic rings. The molecule has 1 unspecified atom stereocenters. The third-order valence-corrected chi connectivity index (χ3v) is 4.56. The second kappa shape index (κ2) is 9.84. The van der Waals surface area contributed by atoms with Crippen LogP contribution in [0.25, 0.3) is 0 Å². The number of amides is 1. The van der Waals surface area contributed by atoms with Crippen LogP contribution in [-0.4, -0.2) is 28.8 Å². The summed E-state index contributed by atoms with van der Waals surface area (Å²) in [5.41, 5.74) is 3.07. The van der Waals surface area contributed by atoms with Crippen molar-refractivity contribution in [3.8, 4) is 11.5 Å². The van der Waals surface area contributed by atoms with E-state index in [1.807, 2.05) is 12.1 Å². The number of nitro benzene ring substituents is 1. The number of phenolic OH excluding ortho intramolecular Hbond substituents is 1. The third-order valence-electron chi connectivity index (χ3n) is 4.11. The zero-order valence-corrected chi connectivity index (χ0v) is 17.0. The highest BCUT2D eigenvalue weighted by atomic mass is 79.9. The van der Waals surface area contributed by atoms with E-state index in [-0.39, 0.29) is 12.2 Å². The number of hydrazone groups is 1. The fraction of sp³-hybridized carbons (Fsp3) is 0.263. The summed E-state index contributed by atoms with van der Waals surface area (Å²) < 4.78 is 5.80. The Kier molecular flexibility index (Phi) is 7.51. The molecule has 2 aromatic rings. The molecule has 2 rings (SSSR count). The van der Waals surface area contributed by atoms with E-state index in [0.29, 0.717) is 16.1 Å². The molecule has 0 saturated heterocycles. The standard InChI is InChI=1S/C19H20BrN3O5/c1-3-12(2)13-4-6-16(7-5-13)28-11-18(24)22-21-10-14-8-15(20)9-17(19(14)25)23(26)27/h4-10,12,25H,3,11H2,1-2H3,(H,22,24)/b21-10+. The summed E-state index contributed by atoms with van der Waals surface area (Å²) in [6, 6.07) is 10.1. The highest BCUT2D eigenvalue weighted by Gasteiger charge is 2.17. The molecule has 0 saturated carbocycles. The van der Waals surface area contributed by atoms with Crippen molar-refractivity contribution in [2.24, 2.45) is 5.10 Å². The van der Waals surface area contributed by atoms with E-state index < -0.39 is 22.3 Å². The third kappa shape index (κ3) is 5.78. The second-order valence-corrected chi connectivity index (χ2v) is 7.00. The predicted octanol–water partition coefficient (Wildman–Crippen LogP) is 4.11. The molecule has 0 fully saturated rings. The number of rotatable bonds is 8. The Morgan fingerprint density at radius 2 is 2.07 bits per heavy atom. The monoisotopic (exact) mass is 449 g/mol. The predicted molar refractivity (Wildman–Crippen MR) is 109 cm³/mol. The first-order chi connectivity index (χ1) is 13.3. The molecule has 1 amide bonds. The highest BCUT2D eigenvalue weighted by Crippen LogP contribution is 2.32. The van der Waals surface area contributed by atoms with E-state index >= 15 is 0 Å². The fourth-order valence-electron chi connectivity index (χ4n) is 2.33. The van der Waals surface area contributed by atoms with Crippen molar-refractivity contribution in [3.05, 3.63) is 62.1 Å². The summed E-state index contributed by atoms with van der Waals surface area (Å²) >= 11 is 3.12. The summed E-state index contributed by atoms with van der Waals surface area (Å²) in [4.78, 5) is 22.0. The molecule has 0 aliphatic carbocycles. The summed E-state index contributed by atoms with van der Waals surface area (Å²) in [7, 11) is 0. The van der Waals surface area contributed by atoms with Crippen molar-refractivity contribution in [1.82, 2.24) is 5.43 Å². The topological polar surface area (TPSA) is 114 Å². The maximum atomic E-state index is 11.8. The lowest BCUT2D eigenvalue weighted by atomic mass is 9.99. The number of ether oxygens (including phenoxy) is 1. The van der Waals surface area contributed by atoms with E-state index in [0.717, 1.165) is 12.6 Å². The van der Waals surface area contributed by atoms with Gasteiger partial charge in [0.15, 0.2) is 6.61 Å². The number of aromatic hydroxyl groups is 1. The number of nitrogens with zero attached hydrogens (tertiary/aromatic N) is 2. The first kappa shape index (κ1) is 21.4. The van der Waals surface area contributed by atoms with Crippen LogP contribution in [0.15, 0.2) is 46.0 Å². The molecule has 0 bridgehead atoms. The molecule has 0 spiro atoms. The van der Waals surface area contributed by atoms with Crippen molar-refractivity contribution in [3.63, 3.8) is 0 Å². The largest absolute Gasteiger partial charge is 0.502 e. The van der Waals surface area contributed by atoms with Gasteiger partial charge in [0.1, 0.15) is 5.75 Å². The number of benzene rings is 2.